The Bertz CT molecular complexity index is 928. The molecular weight excluding hydrogens is 414 g/mol. The Morgan fingerprint density at radius 2 is 1.65 bits per heavy atom. The van der Waals surface area contributed by atoms with Crippen LogP contribution in [0.1, 0.15) is 49.5 Å². The number of hydrogen-bond donors (Lipinski definition) is 1. The Labute approximate surface area is 187 Å². The first kappa shape index (κ1) is 23.2. The maximum absolute atomic E-state index is 12.4. The predicted octanol–water partition coefficient (Wildman–Crippen LogP) is 4.84. The van der Waals surface area contributed by atoms with E-state index in [2.05, 4.69) is 0 Å². The molecule has 1 N–H and O–H groups in total. The lowest BCUT2D eigenvalue weighted by Crippen LogP contribution is -2.47. The molecule has 0 aliphatic carbocycles. The van der Waals surface area contributed by atoms with Gasteiger partial charge in [0, 0.05) is 22.9 Å². The summed E-state index contributed by atoms with van der Waals surface area (Å²) < 4.78 is 10.2. The van der Waals surface area contributed by atoms with Crippen molar-refractivity contribution >= 4 is 23.8 Å². The number of hydrogen-bond acceptors (Lipinski definition) is 6. The van der Waals surface area contributed by atoms with Crippen LogP contribution in [-0.4, -0.2) is 47.9 Å². The zero-order valence-corrected chi connectivity index (χ0v) is 19.2. The van der Waals surface area contributed by atoms with Gasteiger partial charge in [-0.05, 0) is 69.5 Å². The first-order valence-corrected chi connectivity index (χ1v) is 11.1. The van der Waals surface area contributed by atoms with Gasteiger partial charge in [-0.3, -0.25) is 0 Å². The summed E-state index contributed by atoms with van der Waals surface area (Å²) in [6, 6.07) is 15.0. The van der Waals surface area contributed by atoms with Crippen LogP contribution in [0.15, 0.2) is 58.3 Å². The van der Waals surface area contributed by atoms with Crippen LogP contribution in [0, 0.1) is 0 Å². The van der Waals surface area contributed by atoms with Crippen LogP contribution in [-0.2, 0) is 15.1 Å². The monoisotopic (exact) mass is 443 g/mol. The number of aliphatic hydroxyl groups is 1. The van der Waals surface area contributed by atoms with Crippen molar-refractivity contribution in [3.8, 4) is 0 Å². The van der Waals surface area contributed by atoms with Crippen LogP contribution in [0.3, 0.4) is 0 Å². The fourth-order valence-electron chi connectivity index (χ4n) is 3.50. The Morgan fingerprint density at radius 3 is 2.23 bits per heavy atom. The minimum Gasteiger partial charge on any atom is -0.465 e. The van der Waals surface area contributed by atoms with E-state index >= 15 is 0 Å². The molecule has 1 amide bonds. The van der Waals surface area contributed by atoms with Crippen LogP contribution in [0.25, 0.3) is 0 Å². The molecule has 7 heteroatoms. The first-order valence-electron chi connectivity index (χ1n) is 10.3. The summed E-state index contributed by atoms with van der Waals surface area (Å²) in [5, 5.41) is 11.4. The first-order chi connectivity index (χ1) is 14.6. The zero-order chi connectivity index (χ0) is 22.6. The van der Waals surface area contributed by atoms with Gasteiger partial charge in [0.15, 0.2) is 0 Å². The number of carbonyl (C=O) groups excluding carboxylic acids is 2. The molecule has 6 nitrogen and oxygen atoms in total. The molecule has 0 aromatic heterocycles. The molecule has 0 bridgehead atoms. The van der Waals surface area contributed by atoms with Gasteiger partial charge in [-0.2, -0.15) is 0 Å². The molecule has 0 spiro atoms. The molecule has 3 rings (SSSR count). The van der Waals surface area contributed by atoms with Gasteiger partial charge in [0.05, 0.1) is 18.3 Å². The number of nitrogens with zero attached hydrogens (tertiary/aromatic N) is 1. The highest BCUT2D eigenvalue weighted by Gasteiger charge is 2.38. The van der Waals surface area contributed by atoms with Gasteiger partial charge >= 0.3 is 12.1 Å². The van der Waals surface area contributed by atoms with Gasteiger partial charge in [0.25, 0.3) is 0 Å². The molecule has 1 saturated heterocycles. The van der Waals surface area contributed by atoms with Crippen LogP contribution in [0.2, 0.25) is 0 Å². The summed E-state index contributed by atoms with van der Waals surface area (Å²) in [4.78, 5) is 27.5. The maximum atomic E-state index is 12.4. The summed E-state index contributed by atoms with van der Waals surface area (Å²) >= 11 is 1.53. The van der Waals surface area contributed by atoms with Crippen molar-refractivity contribution in [2.75, 3.05) is 20.2 Å². The fourth-order valence-corrected chi connectivity index (χ4v) is 4.54. The van der Waals surface area contributed by atoms with Gasteiger partial charge in [0.2, 0.25) is 0 Å². The van der Waals surface area contributed by atoms with Gasteiger partial charge in [0.1, 0.15) is 5.60 Å². The van der Waals surface area contributed by atoms with E-state index in [1.54, 1.807) is 17.0 Å². The third-order valence-electron chi connectivity index (χ3n) is 5.13. The van der Waals surface area contributed by atoms with Gasteiger partial charge in [-0.15, -0.1) is 0 Å². The molecule has 2 aromatic carbocycles. The van der Waals surface area contributed by atoms with Crippen molar-refractivity contribution in [2.24, 2.45) is 0 Å². The van der Waals surface area contributed by atoms with E-state index in [0.717, 1.165) is 15.4 Å². The number of esters is 1. The van der Waals surface area contributed by atoms with Crippen LogP contribution < -0.4 is 0 Å². The topological polar surface area (TPSA) is 76.1 Å². The largest absolute Gasteiger partial charge is 0.465 e. The highest BCUT2D eigenvalue weighted by Crippen LogP contribution is 2.40. The average Bonchev–Trinajstić information content (AvgIpc) is 2.73. The van der Waals surface area contributed by atoms with E-state index in [1.807, 2.05) is 57.2 Å². The van der Waals surface area contributed by atoms with E-state index < -0.39 is 11.2 Å². The zero-order valence-electron chi connectivity index (χ0n) is 18.4. The number of rotatable bonds is 4. The number of likely N-dealkylation sites (tertiary alicyclic amines) is 1. The summed E-state index contributed by atoms with van der Waals surface area (Å²) in [6.45, 7) is 6.39. The number of ether oxygens (including phenoxy) is 2. The molecule has 166 valence electrons. The molecule has 0 atom stereocenters. The third kappa shape index (κ3) is 5.80. The van der Waals surface area contributed by atoms with Crippen molar-refractivity contribution < 1.29 is 24.2 Å². The SMILES string of the molecule is COC(=O)c1ccc(Sc2ccccc2C2(O)CCN(C(=O)OC(C)(C)C)CC2)cc1. The number of amides is 1. The summed E-state index contributed by atoms with van der Waals surface area (Å²) in [5.74, 6) is -0.372. The lowest BCUT2D eigenvalue weighted by molar-refractivity contribution is -0.0371. The fraction of sp³-hybridized carbons (Fsp3) is 0.417. The van der Waals surface area contributed by atoms with E-state index in [9.17, 15) is 14.7 Å². The Hall–Kier alpha value is -2.51. The highest BCUT2D eigenvalue weighted by molar-refractivity contribution is 7.99. The van der Waals surface area contributed by atoms with E-state index in [4.69, 9.17) is 9.47 Å². The lowest BCUT2D eigenvalue weighted by Gasteiger charge is -2.39. The van der Waals surface area contributed by atoms with Gasteiger partial charge in [-0.1, -0.05) is 30.0 Å². The number of benzene rings is 2. The molecule has 0 saturated carbocycles. The van der Waals surface area contributed by atoms with Gasteiger partial charge in [-0.25, -0.2) is 9.59 Å². The molecule has 31 heavy (non-hydrogen) atoms. The van der Waals surface area contributed by atoms with E-state index in [1.165, 1.54) is 18.9 Å². The summed E-state index contributed by atoms with van der Waals surface area (Å²) in [6.07, 6.45) is 0.527. The van der Waals surface area contributed by atoms with Crippen LogP contribution >= 0.6 is 11.8 Å². The molecule has 1 aliphatic rings. The third-order valence-corrected chi connectivity index (χ3v) is 6.22. The number of piperidine rings is 1. The Balaban J connectivity index is 1.73. The molecule has 1 aliphatic heterocycles. The summed E-state index contributed by atoms with van der Waals surface area (Å²) in [5.41, 5.74) is -0.222. The van der Waals surface area contributed by atoms with Crippen molar-refractivity contribution in [3.63, 3.8) is 0 Å². The molecule has 1 heterocycles. The molecule has 1 fully saturated rings. The Kier molecular flexibility index (Phi) is 6.96. The van der Waals surface area contributed by atoms with E-state index in [0.29, 0.717) is 31.5 Å². The second kappa shape index (κ2) is 9.32. The minimum atomic E-state index is -1.02. The number of carbonyl (C=O) groups is 2. The van der Waals surface area contributed by atoms with Crippen LogP contribution in [0.4, 0.5) is 4.79 Å². The molecular formula is C24H29NO5S. The Morgan fingerprint density at radius 1 is 1.03 bits per heavy atom. The van der Waals surface area contributed by atoms with Crippen molar-refractivity contribution in [1.82, 2.24) is 4.90 Å². The van der Waals surface area contributed by atoms with Crippen molar-refractivity contribution in [2.45, 2.75) is 54.6 Å². The predicted molar refractivity (Wildman–Crippen MR) is 119 cm³/mol. The summed E-state index contributed by atoms with van der Waals surface area (Å²) in [7, 11) is 1.36. The number of methoxy groups -OCH3 is 1. The normalized spacial score (nSPS) is 16.0. The quantitative estimate of drug-likeness (QED) is 0.682. The average molecular weight is 444 g/mol. The standard InChI is InChI=1S/C24H29NO5S/c1-23(2,3)30-22(27)25-15-13-24(28,14-16-25)19-7-5-6-8-20(19)31-18-11-9-17(10-12-18)21(26)29-4/h5-12,28H,13-16H2,1-4H3. The maximum Gasteiger partial charge on any atom is 0.410 e. The van der Waals surface area contributed by atoms with Gasteiger partial charge < -0.3 is 19.5 Å². The highest BCUT2D eigenvalue weighted by atomic mass is 32.2. The van der Waals surface area contributed by atoms with E-state index in [-0.39, 0.29) is 12.1 Å². The smallest absolute Gasteiger partial charge is 0.410 e. The molecule has 2 aromatic rings. The van der Waals surface area contributed by atoms with Crippen molar-refractivity contribution in [3.05, 3.63) is 59.7 Å². The lowest BCUT2D eigenvalue weighted by atomic mass is 9.84. The van der Waals surface area contributed by atoms with Crippen molar-refractivity contribution in [1.29, 1.82) is 0 Å². The second-order valence-corrected chi connectivity index (χ2v) is 9.73. The second-order valence-electron chi connectivity index (χ2n) is 8.61. The van der Waals surface area contributed by atoms with Crippen LogP contribution in [0.5, 0.6) is 0 Å². The molecule has 0 radical (unpaired) electrons. The molecule has 0 unspecified atom stereocenters. The minimum absolute atomic E-state index is 0.345.